The fourth-order valence-corrected chi connectivity index (χ4v) is 4.09. The molecule has 2 aromatic carbocycles. The number of likely N-dealkylation sites (tertiary alicyclic amines) is 1. The smallest absolute Gasteiger partial charge is 0.262 e. The topological polar surface area (TPSA) is 67.9 Å². The number of benzene rings is 2. The van der Waals surface area contributed by atoms with Gasteiger partial charge in [0.05, 0.1) is 22.4 Å². The van der Waals surface area contributed by atoms with Gasteiger partial charge in [-0.3, -0.25) is 9.59 Å². The maximum Gasteiger partial charge on any atom is 0.262 e. The van der Waals surface area contributed by atoms with Crippen LogP contribution in [-0.4, -0.2) is 42.5 Å². The summed E-state index contributed by atoms with van der Waals surface area (Å²) in [5.74, 6) is -1.14. The Balaban J connectivity index is 1.39. The van der Waals surface area contributed by atoms with E-state index < -0.39 is 17.5 Å². The third kappa shape index (κ3) is 4.58. The first-order valence-electron chi connectivity index (χ1n) is 9.99. The fraction of sp³-hybridized carbons (Fsp3) is 0.364. The second kappa shape index (κ2) is 8.70. The molecule has 1 saturated heterocycles. The molecule has 31 heavy (non-hydrogen) atoms. The molecule has 6 nitrogen and oxygen atoms in total. The molecular weight excluding hydrogens is 430 g/mol. The summed E-state index contributed by atoms with van der Waals surface area (Å²) in [7, 11) is 0. The zero-order valence-electron chi connectivity index (χ0n) is 16.8. The quantitative estimate of drug-likeness (QED) is 0.755. The first-order chi connectivity index (χ1) is 14.8. The van der Waals surface area contributed by atoms with E-state index in [1.807, 2.05) is 6.92 Å². The molecule has 0 spiro atoms. The van der Waals surface area contributed by atoms with Crippen molar-refractivity contribution in [3.8, 4) is 11.5 Å². The maximum absolute atomic E-state index is 14.5. The highest BCUT2D eigenvalue weighted by molar-refractivity contribution is 6.32. The number of amides is 2. The van der Waals surface area contributed by atoms with Crippen LogP contribution in [0.1, 0.15) is 30.1 Å². The van der Waals surface area contributed by atoms with Crippen molar-refractivity contribution in [2.75, 3.05) is 25.0 Å². The molecular formula is C22H21ClF2N2O4. The zero-order chi connectivity index (χ0) is 22.1. The van der Waals surface area contributed by atoms with Crippen molar-refractivity contribution >= 4 is 29.1 Å². The lowest BCUT2D eigenvalue weighted by atomic mass is 9.91. The molecule has 2 amide bonds. The minimum Gasteiger partial charge on any atom is -0.489 e. The van der Waals surface area contributed by atoms with E-state index in [0.717, 1.165) is 6.07 Å². The SMILES string of the molecule is CC(Oc1ccc(F)cc1Cl)C1CCN(C(=O)c2cc3c(cc2F)OCC(=O)N3)CC1. The van der Waals surface area contributed by atoms with Gasteiger partial charge in [-0.1, -0.05) is 11.6 Å². The molecule has 1 atom stereocenters. The van der Waals surface area contributed by atoms with Crippen molar-refractivity contribution < 1.29 is 27.8 Å². The van der Waals surface area contributed by atoms with Gasteiger partial charge in [-0.25, -0.2) is 8.78 Å². The van der Waals surface area contributed by atoms with Crippen molar-refractivity contribution in [1.29, 1.82) is 0 Å². The fourth-order valence-electron chi connectivity index (χ4n) is 3.88. The van der Waals surface area contributed by atoms with Crippen molar-refractivity contribution in [2.24, 2.45) is 5.92 Å². The molecule has 9 heteroatoms. The van der Waals surface area contributed by atoms with Crippen LogP contribution in [-0.2, 0) is 4.79 Å². The largest absolute Gasteiger partial charge is 0.489 e. The number of nitrogens with one attached hydrogen (secondary N) is 1. The summed E-state index contributed by atoms with van der Waals surface area (Å²) in [6.07, 6.45) is 1.14. The number of piperidine rings is 1. The van der Waals surface area contributed by atoms with E-state index in [1.165, 1.54) is 24.3 Å². The molecule has 1 fully saturated rings. The Hall–Kier alpha value is -2.87. The highest BCUT2D eigenvalue weighted by Gasteiger charge is 2.30. The van der Waals surface area contributed by atoms with Crippen LogP contribution >= 0.6 is 11.6 Å². The number of hydrogen-bond donors (Lipinski definition) is 1. The normalized spacial score (nSPS) is 17.4. The molecule has 0 radical (unpaired) electrons. The van der Waals surface area contributed by atoms with Crippen LogP contribution in [0.5, 0.6) is 11.5 Å². The molecule has 0 aromatic heterocycles. The van der Waals surface area contributed by atoms with Gasteiger partial charge in [0.2, 0.25) is 0 Å². The predicted molar refractivity (Wildman–Crippen MR) is 111 cm³/mol. The third-order valence-corrected chi connectivity index (χ3v) is 5.93. The van der Waals surface area contributed by atoms with E-state index in [1.54, 1.807) is 4.90 Å². The summed E-state index contributed by atoms with van der Waals surface area (Å²) in [5.41, 5.74) is 0.180. The van der Waals surface area contributed by atoms with Crippen molar-refractivity contribution in [3.05, 3.63) is 52.6 Å². The number of nitrogens with zero attached hydrogens (tertiary/aromatic N) is 1. The number of halogens is 3. The van der Waals surface area contributed by atoms with Gasteiger partial charge >= 0.3 is 0 Å². The van der Waals surface area contributed by atoms with E-state index in [4.69, 9.17) is 21.1 Å². The van der Waals surface area contributed by atoms with Gasteiger partial charge in [-0.05, 0) is 49.9 Å². The lowest BCUT2D eigenvalue weighted by Gasteiger charge is -2.35. The van der Waals surface area contributed by atoms with Gasteiger partial charge in [0.1, 0.15) is 23.1 Å². The van der Waals surface area contributed by atoms with Gasteiger partial charge < -0.3 is 19.7 Å². The molecule has 164 valence electrons. The number of anilines is 1. The minimum atomic E-state index is -0.690. The van der Waals surface area contributed by atoms with Gasteiger partial charge in [0.25, 0.3) is 11.8 Å². The second-order valence-corrected chi connectivity index (χ2v) is 8.10. The highest BCUT2D eigenvalue weighted by Crippen LogP contribution is 2.33. The summed E-state index contributed by atoms with van der Waals surface area (Å²) < 4.78 is 38.8. The summed E-state index contributed by atoms with van der Waals surface area (Å²) >= 11 is 6.03. The van der Waals surface area contributed by atoms with Gasteiger partial charge in [-0.15, -0.1) is 0 Å². The number of fused-ring (bicyclic) bond motifs is 1. The van der Waals surface area contributed by atoms with Crippen molar-refractivity contribution in [1.82, 2.24) is 4.90 Å². The Morgan fingerprint density at radius 2 is 2.00 bits per heavy atom. The van der Waals surface area contributed by atoms with Crippen LogP contribution in [0.25, 0.3) is 0 Å². The molecule has 0 aliphatic carbocycles. The average Bonchev–Trinajstić information content (AvgIpc) is 2.75. The standard InChI is InChI=1S/C22H21ClF2N2O4/c1-12(31-19-3-2-14(24)8-16(19)23)13-4-6-27(7-5-13)22(29)15-9-18-20(10-17(15)25)30-11-21(28)26-18/h2-3,8-10,12-13H,4-7,11H2,1H3,(H,26,28). The van der Waals surface area contributed by atoms with Crippen LogP contribution in [0.4, 0.5) is 14.5 Å². The number of rotatable bonds is 4. The molecule has 0 bridgehead atoms. The van der Waals surface area contributed by atoms with Crippen molar-refractivity contribution in [3.63, 3.8) is 0 Å². The Kier molecular flexibility index (Phi) is 6.00. The Labute approximate surface area is 183 Å². The van der Waals surface area contributed by atoms with E-state index in [2.05, 4.69) is 5.32 Å². The summed E-state index contributed by atoms with van der Waals surface area (Å²) in [4.78, 5) is 26.0. The molecule has 0 saturated carbocycles. The predicted octanol–water partition coefficient (Wildman–Crippen LogP) is 4.27. The number of hydrogen-bond acceptors (Lipinski definition) is 4. The number of carbonyl (C=O) groups is 2. The second-order valence-electron chi connectivity index (χ2n) is 7.69. The van der Waals surface area contributed by atoms with Gasteiger partial charge in [0.15, 0.2) is 6.61 Å². The zero-order valence-corrected chi connectivity index (χ0v) is 17.5. The summed E-state index contributed by atoms with van der Waals surface area (Å²) in [6, 6.07) is 6.42. The lowest BCUT2D eigenvalue weighted by molar-refractivity contribution is -0.118. The minimum absolute atomic E-state index is 0.106. The van der Waals surface area contributed by atoms with Gasteiger partial charge in [-0.2, -0.15) is 0 Å². The van der Waals surface area contributed by atoms with Crippen LogP contribution in [0.3, 0.4) is 0 Å². The summed E-state index contributed by atoms with van der Waals surface area (Å²) in [5, 5.41) is 2.79. The molecule has 2 aliphatic heterocycles. The van der Waals surface area contributed by atoms with E-state index in [-0.39, 0.29) is 46.6 Å². The lowest BCUT2D eigenvalue weighted by Crippen LogP contribution is -2.42. The average molecular weight is 451 g/mol. The van der Waals surface area contributed by atoms with Crippen LogP contribution < -0.4 is 14.8 Å². The Morgan fingerprint density at radius 3 is 2.71 bits per heavy atom. The molecule has 2 aromatic rings. The monoisotopic (exact) mass is 450 g/mol. The maximum atomic E-state index is 14.5. The van der Waals surface area contributed by atoms with E-state index in [0.29, 0.717) is 31.7 Å². The van der Waals surface area contributed by atoms with E-state index in [9.17, 15) is 18.4 Å². The summed E-state index contributed by atoms with van der Waals surface area (Å²) in [6.45, 7) is 2.60. The van der Waals surface area contributed by atoms with Crippen LogP contribution in [0.15, 0.2) is 30.3 Å². The van der Waals surface area contributed by atoms with Gasteiger partial charge in [0, 0.05) is 19.2 Å². The first-order valence-corrected chi connectivity index (χ1v) is 10.4. The number of ether oxygens (including phenoxy) is 2. The Morgan fingerprint density at radius 1 is 1.26 bits per heavy atom. The Bertz CT molecular complexity index is 1020. The molecule has 2 aliphatic rings. The van der Waals surface area contributed by atoms with E-state index >= 15 is 0 Å². The first kappa shape index (κ1) is 21.4. The molecule has 4 rings (SSSR count). The van der Waals surface area contributed by atoms with Crippen LogP contribution in [0.2, 0.25) is 5.02 Å². The molecule has 2 heterocycles. The van der Waals surface area contributed by atoms with Crippen molar-refractivity contribution in [2.45, 2.75) is 25.9 Å². The molecule has 1 N–H and O–H groups in total. The molecule has 1 unspecified atom stereocenters. The number of carbonyl (C=O) groups excluding carboxylic acids is 2. The van der Waals surface area contributed by atoms with Crippen LogP contribution in [0, 0.1) is 17.6 Å². The highest BCUT2D eigenvalue weighted by atomic mass is 35.5. The third-order valence-electron chi connectivity index (χ3n) is 5.63.